The first-order chi connectivity index (χ1) is 32.8. The number of hydrogen-bond acceptors (Lipinski definition) is 10. The third kappa shape index (κ3) is 13.3. The maximum absolute atomic E-state index is 15.0. The third-order valence-corrected chi connectivity index (χ3v) is 25.6. The summed E-state index contributed by atoms with van der Waals surface area (Å²) in [6, 6.07) is 8.57. The van der Waals surface area contributed by atoms with Gasteiger partial charge in [-0.3, -0.25) is 24.6 Å². The SMILES string of the molecule is C=CCOC(=O)N1CCC[C@H]1C(=O)N[C@@H](CC(C)C)C(=O)Nc1ccc(COC(=O)Nc2cc(O[Si](C(C)C)(C(C)C)C(C)C)c(OC)cc2C(=O)N2CC3(CC3)C[C@H]2CO[Si](C)(C)C(C)(C)C)cc1. The van der Waals surface area contributed by atoms with Crippen molar-refractivity contribution in [1.29, 1.82) is 0 Å². The molecule has 5 rings (SSSR count). The van der Waals surface area contributed by atoms with Crippen LogP contribution in [0, 0.1) is 11.3 Å². The number of rotatable bonds is 21. The van der Waals surface area contributed by atoms with Gasteiger partial charge in [-0.15, -0.1) is 0 Å². The number of nitrogens with one attached hydrogen (secondary N) is 3. The van der Waals surface area contributed by atoms with Crippen molar-refractivity contribution in [2.45, 2.75) is 174 Å². The van der Waals surface area contributed by atoms with Crippen LogP contribution in [0.3, 0.4) is 0 Å². The Hall–Kier alpha value is -4.88. The first-order valence-electron chi connectivity index (χ1n) is 25.3. The smallest absolute Gasteiger partial charge is 0.411 e. The van der Waals surface area contributed by atoms with Crippen LogP contribution in [0.15, 0.2) is 49.1 Å². The second kappa shape index (κ2) is 23.1. The topological polar surface area (TPSA) is 174 Å². The molecule has 70 heavy (non-hydrogen) atoms. The lowest BCUT2D eigenvalue weighted by Gasteiger charge is -2.42. The first-order valence-corrected chi connectivity index (χ1v) is 30.4. The number of methoxy groups -OCH3 is 1. The third-order valence-electron chi connectivity index (χ3n) is 15.1. The van der Waals surface area contributed by atoms with Gasteiger partial charge in [0.05, 0.1) is 31.0 Å². The van der Waals surface area contributed by atoms with Gasteiger partial charge in [0.1, 0.15) is 31.0 Å². The van der Waals surface area contributed by atoms with Crippen molar-refractivity contribution in [2.75, 3.05) is 44.0 Å². The van der Waals surface area contributed by atoms with E-state index in [2.05, 4.69) is 97.9 Å². The molecule has 3 aliphatic rings. The highest BCUT2D eigenvalue weighted by atomic mass is 28.4. The number of benzene rings is 2. The van der Waals surface area contributed by atoms with E-state index in [0.29, 0.717) is 61.7 Å². The quantitative estimate of drug-likeness (QED) is 0.0806. The van der Waals surface area contributed by atoms with Crippen molar-refractivity contribution in [2.24, 2.45) is 11.3 Å². The number of hydrogen-bond donors (Lipinski definition) is 3. The van der Waals surface area contributed by atoms with E-state index in [0.717, 1.165) is 19.3 Å². The Balaban J connectivity index is 1.34. The molecule has 17 heteroatoms. The Morgan fingerprint density at radius 3 is 2.09 bits per heavy atom. The van der Waals surface area contributed by atoms with Gasteiger partial charge in [-0.2, -0.15) is 0 Å². The van der Waals surface area contributed by atoms with Crippen LogP contribution >= 0.6 is 0 Å². The van der Waals surface area contributed by atoms with E-state index in [1.807, 2.05) is 18.7 Å². The number of amides is 5. The van der Waals surface area contributed by atoms with E-state index in [-0.39, 0.29) is 69.4 Å². The molecule has 0 radical (unpaired) electrons. The molecule has 2 aromatic carbocycles. The molecular weight excluding hydrogens is 923 g/mol. The molecule has 1 aliphatic carbocycles. The van der Waals surface area contributed by atoms with Gasteiger partial charge < -0.3 is 38.6 Å². The van der Waals surface area contributed by atoms with Crippen LogP contribution in [-0.4, -0.2) is 108 Å². The minimum Gasteiger partial charge on any atom is -0.540 e. The summed E-state index contributed by atoms with van der Waals surface area (Å²) in [6.07, 6.45) is 4.60. The van der Waals surface area contributed by atoms with Gasteiger partial charge in [-0.05, 0) is 108 Å². The molecule has 15 nitrogen and oxygen atoms in total. The van der Waals surface area contributed by atoms with Crippen LogP contribution in [-0.2, 0) is 30.1 Å². The van der Waals surface area contributed by atoms with E-state index in [1.165, 1.54) is 11.0 Å². The Labute approximate surface area is 419 Å². The number of carbonyl (C=O) groups is 5. The molecule has 0 aromatic heterocycles. The number of nitrogens with zero attached hydrogens (tertiary/aromatic N) is 2. The lowest BCUT2D eigenvalue weighted by Crippen LogP contribution is -2.52. The Morgan fingerprint density at radius 2 is 1.53 bits per heavy atom. The van der Waals surface area contributed by atoms with E-state index in [4.69, 9.17) is 23.1 Å². The average molecular weight is 1010 g/mol. The van der Waals surface area contributed by atoms with Gasteiger partial charge in [-0.25, -0.2) is 9.59 Å². The maximum atomic E-state index is 15.0. The predicted octanol–water partition coefficient (Wildman–Crippen LogP) is 11.3. The minimum absolute atomic E-state index is 0.0129. The second-order valence-electron chi connectivity index (χ2n) is 22.6. The average Bonchev–Trinajstić information content (AvgIpc) is 3.67. The predicted molar refractivity (Wildman–Crippen MR) is 280 cm³/mol. The lowest BCUT2D eigenvalue weighted by atomic mass is 10.0. The molecular formula is C53H83N5O10Si2. The van der Waals surface area contributed by atoms with Gasteiger partial charge in [0.25, 0.3) is 14.2 Å². The van der Waals surface area contributed by atoms with Crippen LogP contribution in [0.25, 0.3) is 0 Å². The standard InChI is InChI=1S/C53H83N5O10Si2/c1-16-26-65-51(63)57-25-17-18-44(57)48(60)55-43(27-34(2)3)47(59)54-39-21-19-38(20-22-39)31-66-50(62)56-42-29-46(68-70(35(4)5,36(6)7)37(8)9)45(64-13)28-41(42)49(61)58-33-53(23-24-53)30-40(58)32-67-69(14,15)52(10,11)12/h16,19-22,28-29,34-37,40,43-44H,1,17-18,23-27,30-33H2,2-15H3,(H,54,59)(H,55,60)(H,56,62)/t40-,43-,44-/m0/s1. The summed E-state index contributed by atoms with van der Waals surface area (Å²) >= 11 is 0. The molecule has 5 amide bonds. The van der Waals surface area contributed by atoms with Crippen LogP contribution in [0.2, 0.25) is 34.8 Å². The number of ether oxygens (including phenoxy) is 3. The largest absolute Gasteiger partial charge is 0.540 e. The lowest BCUT2D eigenvalue weighted by molar-refractivity contribution is -0.129. The molecule has 2 aliphatic heterocycles. The van der Waals surface area contributed by atoms with Gasteiger partial charge >= 0.3 is 12.2 Å². The number of likely N-dealkylation sites (tertiary alicyclic amines) is 2. The number of carbonyl (C=O) groups excluding carboxylic acids is 5. The van der Waals surface area contributed by atoms with Crippen molar-refractivity contribution < 1.29 is 47.0 Å². The van der Waals surface area contributed by atoms with Crippen LogP contribution in [0.5, 0.6) is 11.5 Å². The molecule has 388 valence electrons. The van der Waals surface area contributed by atoms with Crippen molar-refractivity contribution in [3.05, 3.63) is 60.2 Å². The van der Waals surface area contributed by atoms with E-state index >= 15 is 0 Å². The van der Waals surface area contributed by atoms with Crippen LogP contribution in [0.1, 0.15) is 131 Å². The zero-order chi connectivity index (χ0) is 51.9. The van der Waals surface area contributed by atoms with E-state index < -0.39 is 52.7 Å². The Bertz CT molecular complexity index is 2160. The Morgan fingerprint density at radius 1 is 0.886 bits per heavy atom. The van der Waals surface area contributed by atoms with Gasteiger partial charge in [0, 0.05) is 24.8 Å². The highest BCUT2D eigenvalue weighted by molar-refractivity contribution is 6.78. The van der Waals surface area contributed by atoms with Crippen LogP contribution in [0.4, 0.5) is 21.0 Å². The fourth-order valence-electron chi connectivity index (χ4n) is 10.0. The minimum atomic E-state index is -2.52. The molecule has 3 N–H and O–H groups in total. The summed E-state index contributed by atoms with van der Waals surface area (Å²) in [4.78, 5) is 71.8. The zero-order valence-corrected chi connectivity index (χ0v) is 46.5. The summed E-state index contributed by atoms with van der Waals surface area (Å²) in [5, 5.41) is 8.71. The summed E-state index contributed by atoms with van der Waals surface area (Å²) in [7, 11) is -3.07. The highest BCUT2D eigenvalue weighted by Gasteiger charge is 2.54. The van der Waals surface area contributed by atoms with Crippen molar-refractivity contribution in [3.8, 4) is 11.5 Å². The molecule has 1 saturated carbocycles. The summed E-state index contributed by atoms with van der Waals surface area (Å²) in [5.41, 5.74) is 2.50. The molecule has 2 aromatic rings. The zero-order valence-electron chi connectivity index (χ0n) is 44.5. The van der Waals surface area contributed by atoms with Crippen molar-refractivity contribution in [3.63, 3.8) is 0 Å². The van der Waals surface area contributed by atoms with Gasteiger partial charge in [-0.1, -0.05) is 101 Å². The molecule has 0 bridgehead atoms. The van der Waals surface area contributed by atoms with Gasteiger partial charge in [0.15, 0.2) is 14.1 Å². The summed E-state index contributed by atoms with van der Waals surface area (Å²) < 4.78 is 30.8. The molecule has 2 heterocycles. The van der Waals surface area contributed by atoms with E-state index in [9.17, 15) is 24.0 Å². The van der Waals surface area contributed by atoms with Crippen molar-refractivity contribution >= 4 is 57.9 Å². The molecule has 3 atom stereocenters. The summed E-state index contributed by atoms with van der Waals surface area (Å²) in [5.74, 6) is -0.0624. The van der Waals surface area contributed by atoms with Crippen LogP contribution < -0.4 is 25.1 Å². The van der Waals surface area contributed by atoms with Gasteiger partial charge in [0.2, 0.25) is 11.8 Å². The highest BCUT2D eigenvalue weighted by Crippen LogP contribution is 2.56. The maximum Gasteiger partial charge on any atom is 0.411 e. The normalized spacial score (nSPS) is 18.3. The monoisotopic (exact) mass is 1010 g/mol. The second-order valence-corrected chi connectivity index (χ2v) is 32.8. The molecule has 2 saturated heterocycles. The fourth-order valence-corrected chi connectivity index (χ4v) is 16.3. The summed E-state index contributed by atoms with van der Waals surface area (Å²) in [6.45, 7) is 33.2. The molecule has 3 fully saturated rings. The Kier molecular flexibility index (Phi) is 18.5. The van der Waals surface area contributed by atoms with E-state index in [1.54, 1.807) is 43.5 Å². The first kappa shape index (κ1) is 56.0. The van der Waals surface area contributed by atoms with Crippen molar-refractivity contribution in [1.82, 2.24) is 15.1 Å². The fraction of sp³-hybridized carbons (Fsp3) is 0.642. The molecule has 1 spiro atoms. The molecule has 0 unspecified atom stereocenters. The number of anilines is 2.